The Labute approximate surface area is 112 Å². The van der Waals surface area contributed by atoms with Crippen LogP contribution in [0.15, 0.2) is 36.4 Å². The highest BCUT2D eigenvalue weighted by atomic mass is 35.5. The molecule has 90 valence electrons. The van der Waals surface area contributed by atoms with Gasteiger partial charge in [0.2, 0.25) is 0 Å². The summed E-state index contributed by atoms with van der Waals surface area (Å²) in [6.45, 7) is 0. The first-order valence-corrected chi connectivity index (χ1v) is 6.44. The minimum Gasteiger partial charge on any atom is -0.399 e. The molecule has 0 spiro atoms. The second-order valence-corrected chi connectivity index (χ2v) is 5.34. The van der Waals surface area contributed by atoms with E-state index < -0.39 is 0 Å². The standard InChI is InChI=1S/C13H8ClFN2S/c14-7-1-4-11-12(5-7)18-13(17-11)9-3-2-8(16)6-10(9)15/h1-6H,16H2. The molecule has 0 aliphatic rings. The van der Waals surface area contributed by atoms with Gasteiger partial charge in [-0.3, -0.25) is 0 Å². The molecule has 0 saturated heterocycles. The zero-order valence-electron chi connectivity index (χ0n) is 9.15. The minimum absolute atomic E-state index is 0.361. The van der Waals surface area contributed by atoms with Gasteiger partial charge in [-0.25, -0.2) is 9.37 Å². The summed E-state index contributed by atoms with van der Waals surface area (Å²) in [6, 6.07) is 10.0. The third-order valence-corrected chi connectivity index (χ3v) is 3.86. The Balaban J connectivity index is 2.19. The predicted molar refractivity (Wildman–Crippen MR) is 74.4 cm³/mol. The number of anilines is 1. The van der Waals surface area contributed by atoms with Crippen molar-refractivity contribution in [1.82, 2.24) is 4.98 Å². The van der Waals surface area contributed by atoms with Crippen molar-refractivity contribution in [2.24, 2.45) is 0 Å². The number of fused-ring (bicyclic) bond motifs is 1. The molecule has 2 aromatic carbocycles. The van der Waals surface area contributed by atoms with Gasteiger partial charge in [0.1, 0.15) is 10.8 Å². The van der Waals surface area contributed by atoms with Crippen molar-refractivity contribution in [3.05, 3.63) is 47.2 Å². The molecule has 1 aromatic heterocycles. The van der Waals surface area contributed by atoms with E-state index >= 15 is 0 Å². The fourth-order valence-electron chi connectivity index (χ4n) is 1.72. The lowest BCUT2D eigenvalue weighted by molar-refractivity contribution is 0.632. The lowest BCUT2D eigenvalue weighted by atomic mass is 10.2. The maximum Gasteiger partial charge on any atom is 0.135 e. The molecule has 0 radical (unpaired) electrons. The molecule has 0 saturated carbocycles. The van der Waals surface area contributed by atoms with E-state index in [1.54, 1.807) is 18.2 Å². The molecule has 1 heterocycles. The number of benzene rings is 2. The fourth-order valence-corrected chi connectivity index (χ4v) is 2.99. The van der Waals surface area contributed by atoms with Crippen molar-refractivity contribution < 1.29 is 4.39 Å². The average Bonchev–Trinajstić information content (AvgIpc) is 2.71. The van der Waals surface area contributed by atoms with E-state index in [0.29, 0.717) is 21.3 Å². The van der Waals surface area contributed by atoms with Crippen LogP contribution in [0.5, 0.6) is 0 Å². The topological polar surface area (TPSA) is 38.9 Å². The number of rotatable bonds is 1. The Bertz CT molecular complexity index is 739. The van der Waals surface area contributed by atoms with Gasteiger partial charge in [0, 0.05) is 16.3 Å². The van der Waals surface area contributed by atoms with Crippen LogP contribution < -0.4 is 5.73 Å². The van der Waals surface area contributed by atoms with Crippen molar-refractivity contribution in [2.45, 2.75) is 0 Å². The Morgan fingerprint density at radius 2 is 2.00 bits per heavy atom. The molecule has 2 N–H and O–H groups in total. The van der Waals surface area contributed by atoms with Crippen molar-refractivity contribution >= 4 is 38.8 Å². The summed E-state index contributed by atoms with van der Waals surface area (Å²) in [4.78, 5) is 4.39. The van der Waals surface area contributed by atoms with Gasteiger partial charge in [0.25, 0.3) is 0 Å². The van der Waals surface area contributed by atoms with Gasteiger partial charge >= 0.3 is 0 Å². The van der Waals surface area contributed by atoms with Crippen molar-refractivity contribution in [2.75, 3.05) is 5.73 Å². The number of hydrogen-bond donors (Lipinski definition) is 1. The summed E-state index contributed by atoms with van der Waals surface area (Å²) >= 11 is 7.32. The molecular weight excluding hydrogens is 271 g/mol. The Morgan fingerprint density at radius 1 is 1.17 bits per heavy atom. The SMILES string of the molecule is Nc1ccc(-c2nc3ccc(Cl)cc3s2)c(F)c1. The van der Waals surface area contributed by atoms with E-state index in [2.05, 4.69) is 4.98 Å². The Morgan fingerprint density at radius 3 is 2.78 bits per heavy atom. The predicted octanol–water partition coefficient (Wildman–Crippen LogP) is 4.34. The zero-order valence-corrected chi connectivity index (χ0v) is 10.7. The third kappa shape index (κ3) is 1.94. The van der Waals surface area contributed by atoms with E-state index in [1.165, 1.54) is 17.4 Å². The normalized spacial score (nSPS) is 11.0. The Kier molecular flexibility index (Phi) is 2.69. The molecule has 0 unspecified atom stereocenters. The zero-order chi connectivity index (χ0) is 12.7. The molecule has 2 nitrogen and oxygen atoms in total. The van der Waals surface area contributed by atoms with Crippen LogP contribution in [0.3, 0.4) is 0 Å². The van der Waals surface area contributed by atoms with Crippen LogP contribution in [0.2, 0.25) is 5.02 Å². The number of nitrogens with two attached hydrogens (primary N) is 1. The first-order chi connectivity index (χ1) is 8.63. The van der Waals surface area contributed by atoms with Crippen LogP contribution in [-0.2, 0) is 0 Å². The number of aromatic nitrogens is 1. The van der Waals surface area contributed by atoms with Gasteiger partial charge in [-0.05, 0) is 36.4 Å². The quantitative estimate of drug-likeness (QED) is 0.673. The summed E-state index contributed by atoms with van der Waals surface area (Å²) in [6.07, 6.45) is 0. The molecule has 0 atom stereocenters. The first-order valence-electron chi connectivity index (χ1n) is 5.25. The van der Waals surface area contributed by atoms with Crippen LogP contribution in [-0.4, -0.2) is 4.98 Å². The highest BCUT2D eigenvalue weighted by Gasteiger charge is 2.11. The minimum atomic E-state index is -0.361. The van der Waals surface area contributed by atoms with Crippen LogP contribution in [0, 0.1) is 5.82 Å². The number of hydrogen-bond acceptors (Lipinski definition) is 3. The van der Waals surface area contributed by atoms with E-state index in [4.69, 9.17) is 17.3 Å². The van der Waals surface area contributed by atoms with E-state index in [-0.39, 0.29) is 5.82 Å². The summed E-state index contributed by atoms with van der Waals surface area (Å²) in [5.74, 6) is -0.361. The molecule has 0 bridgehead atoms. The molecule has 3 aromatic rings. The van der Waals surface area contributed by atoms with Crippen molar-refractivity contribution in [3.8, 4) is 10.6 Å². The Hall–Kier alpha value is -1.65. The molecule has 5 heteroatoms. The maximum atomic E-state index is 13.8. The lowest BCUT2D eigenvalue weighted by Gasteiger charge is -1.99. The highest BCUT2D eigenvalue weighted by Crippen LogP contribution is 2.33. The smallest absolute Gasteiger partial charge is 0.135 e. The molecule has 0 aliphatic carbocycles. The third-order valence-electron chi connectivity index (χ3n) is 2.57. The van der Waals surface area contributed by atoms with Crippen LogP contribution in [0.4, 0.5) is 10.1 Å². The second kappa shape index (κ2) is 4.23. The number of thiazole rings is 1. The van der Waals surface area contributed by atoms with Gasteiger partial charge in [-0.15, -0.1) is 11.3 Å². The number of nitrogens with zero attached hydrogens (tertiary/aromatic N) is 1. The molecule has 3 rings (SSSR count). The molecule has 0 amide bonds. The number of nitrogen functional groups attached to an aromatic ring is 1. The van der Waals surface area contributed by atoms with Crippen molar-refractivity contribution in [3.63, 3.8) is 0 Å². The highest BCUT2D eigenvalue weighted by molar-refractivity contribution is 7.21. The van der Waals surface area contributed by atoms with Crippen LogP contribution in [0.1, 0.15) is 0 Å². The second-order valence-electron chi connectivity index (χ2n) is 3.87. The molecule has 18 heavy (non-hydrogen) atoms. The maximum absolute atomic E-state index is 13.8. The molecule has 0 aliphatic heterocycles. The van der Waals surface area contributed by atoms with Gasteiger partial charge in [0.05, 0.1) is 10.2 Å². The summed E-state index contributed by atoms with van der Waals surface area (Å²) in [7, 11) is 0. The van der Waals surface area contributed by atoms with E-state index in [1.807, 2.05) is 12.1 Å². The monoisotopic (exact) mass is 278 g/mol. The fraction of sp³-hybridized carbons (Fsp3) is 0. The van der Waals surface area contributed by atoms with E-state index in [9.17, 15) is 4.39 Å². The summed E-state index contributed by atoms with van der Waals surface area (Å²) < 4.78 is 14.7. The molecule has 0 fully saturated rings. The van der Waals surface area contributed by atoms with Gasteiger partial charge < -0.3 is 5.73 Å². The average molecular weight is 279 g/mol. The van der Waals surface area contributed by atoms with Crippen LogP contribution in [0.25, 0.3) is 20.8 Å². The largest absolute Gasteiger partial charge is 0.399 e. The van der Waals surface area contributed by atoms with Gasteiger partial charge in [-0.2, -0.15) is 0 Å². The van der Waals surface area contributed by atoms with E-state index in [0.717, 1.165) is 10.2 Å². The number of halogens is 2. The first kappa shape index (κ1) is 11.4. The summed E-state index contributed by atoms with van der Waals surface area (Å²) in [5, 5.41) is 1.28. The van der Waals surface area contributed by atoms with Gasteiger partial charge in [-0.1, -0.05) is 11.6 Å². The lowest BCUT2D eigenvalue weighted by Crippen LogP contribution is -1.88. The van der Waals surface area contributed by atoms with Crippen LogP contribution >= 0.6 is 22.9 Å². The molecular formula is C13H8ClFN2S. The van der Waals surface area contributed by atoms with Crippen molar-refractivity contribution in [1.29, 1.82) is 0 Å². The van der Waals surface area contributed by atoms with Gasteiger partial charge in [0.15, 0.2) is 0 Å². The summed E-state index contributed by atoms with van der Waals surface area (Å²) in [5.41, 5.74) is 7.20.